The molecule has 0 fully saturated rings. The third-order valence-corrected chi connectivity index (χ3v) is 1.57. The standard InChI is InChI=1S/C8H11F2N/c1-6-3-4-7(11-5-6)8(2,9)10/h3-4,11H,5H2,1-2H3. The van der Waals surface area contributed by atoms with Crippen molar-refractivity contribution in [3.05, 3.63) is 23.4 Å². The minimum atomic E-state index is -2.74. The summed E-state index contributed by atoms with van der Waals surface area (Å²) in [4.78, 5) is 0. The Morgan fingerprint density at radius 1 is 1.45 bits per heavy atom. The Bertz CT molecular complexity index is 211. The summed E-state index contributed by atoms with van der Waals surface area (Å²) in [5.41, 5.74) is 1.07. The first kappa shape index (κ1) is 8.24. The van der Waals surface area contributed by atoms with Gasteiger partial charge in [-0.25, -0.2) is 8.78 Å². The van der Waals surface area contributed by atoms with E-state index in [1.807, 2.05) is 6.92 Å². The smallest absolute Gasteiger partial charge is 0.284 e. The summed E-state index contributed by atoms with van der Waals surface area (Å²) in [7, 11) is 0. The number of halogens is 2. The predicted molar refractivity (Wildman–Crippen MR) is 40.5 cm³/mol. The fourth-order valence-electron chi connectivity index (χ4n) is 0.880. The van der Waals surface area contributed by atoms with E-state index in [2.05, 4.69) is 5.32 Å². The normalized spacial score (nSPS) is 18.5. The summed E-state index contributed by atoms with van der Waals surface area (Å²) in [6.45, 7) is 3.31. The van der Waals surface area contributed by atoms with E-state index in [0.29, 0.717) is 6.54 Å². The number of rotatable bonds is 1. The topological polar surface area (TPSA) is 12.0 Å². The zero-order valence-electron chi connectivity index (χ0n) is 6.62. The molecule has 62 valence electrons. The maximum atomic E-state index is 12.6. The monoisotopic (exact) mass is 159 g/mol. The van der Waals surface area contributed by atoms with Crippen LogP contribution in [-0.2, 0) is 0 Å². The van der Waals surface area contributed by atoms with Gasteiger partial charge in [-0.15, -0.1) is 0 Å². The minimum absolute atomic E-state index is 0.00287. The van der Waals surface area contributed by atoms with E-state index in [9.17, 15) is 8.78 Å². The van der Waals surface area contributed by atoms with E-state index in [1.54, 1.807) is 6.08 Å². The van der Waals surface area contributed by atoms with Crippen LogP contribution in [0.1, 0.15) is 13.8 Å². The molecule has 1 heterocycles. The molecule has 0 saturated carbocycles. The van der Waals surface area contributed by atoms with Crippen molar-refractivity contribution in [2.24, 2.45) is 0 Å². The summed E-state index contributed by atoms with van der Waals surface area (Å²) in [5, 5.41) is 2.65. The number of allylic oxidation sites excluding steroid dienone is 3. The Morgan fingerprint density at radius 3 is 2.45 bits per heavy atom. The van der Waals surface area contributed by atoms with Crippen LogP contribution >= 0.6 is 0 Å². The highest BCUT2D eigenvalue weighted by Gasteiger charge is 2.27. The van der Waals surface area contributed by atoms with Crippen molar-refractivity contribution < 1.29 is 8.78 Å². The molecule has 1 aliphatic rings. The van der Waals surface area contributed by atoms with Crippen molar-refractivity contribution in [3.8, 4) is 0 Å². The van der Waals surface area contributed by atoms with Gasteiger partial charge in [-0.1, -0.05) is 11.6 Å². The first-order chi connectivity index (χ1) is 5.00. The van der Waals surface area contributed by atoms with Crippen LogP contribution in [0.3, 0.4) is 0 Å². The second kappa shape index (κ2) is 2.64. The molecule has 0 atom stereocenters. The fraction of sp³-hybridized carbons (Fsp3) is 0.500. The van der Waals surface area contributed by atoms with E-state index in [4.69, 9.17) is 0 Å². The maximum absolute atomic E-state index is 12.6. The highest BCUT2D eigenvalue weighted by atomic mass is 19.3. The highest BCUT2D eigenvalue weighted by Crippen LogP contribution is 2.22. The molecular formula is C8H11F2N. The average molecular weight is 159 g/mol. The zero-order valence-corrected chi connectivity index (χ0v) is 6.62. The van der Waals surface area contributed by atoms with Crippen LogP contribution in [0.2, 0.25) is 0 Å². The van der Waals surface area contributed by atoms with E-state index in [1.165, 1.54) is 6.08 Å². The van der Waals surface area contributed by atoms with Gasteiger partial charge in [0.05, 0.1) is 5.70 Å². The third kappa shape index (κ3) is 2.03. The molecule has 0 aromatic heterocycles. The maximum Gasteiger partial charge on any atom is 0.284 e. The van der Waals surface area contributed by atoms with Gasteiger partial charge in [0.1, 0.15) is 0 Å². The average Bonchev–Trinajstić information content (AvgIpc) is 1.86. The summed E-state index contributed by atoms with van der Waals surface area (Å²) < 4.78 is 25.1. The van der Waals surface area contributed by atoms with Crippen LogP contribution < -0.4 is 5.32 Å². The molecule has 0 unspecified atom stereocenters. The molecule has 3 heteroatoms. The number of nitrogens with one attached hydrogen (secondary N) is 1. The van der Waals surface area contributed by atoms with Gasteiger partial charge in [-0.3, -0.25) is 0 Å². The van der Waals surface area contributed by atoms with E-state index in [-0.39, 0.29) is 5.70 Å². The van der Waals surface area contributed by atoms with Crippen molar-refractivity contribution in [1.82, 2.24) is 5.32 Å². The van der Waals surface area contributed by atoms with E-state index < -0.39 is 5.92 Å². The Kier molecular flexibility index (Phi) is 1.98. The van der Waals surface area contributed by atoms with Gasteiger partial charge in [0.2, 0.25) is 0 Å². The molecule has 1 aliphatic heterocycles. The van der Waals surface area contributed by atoms with Crippen LogP contribution in [0.4, 0.5) is 8.78 Å². The summed E-state index contributed by atoms with van der Waals surface area (Å²) in [5.74, 6) is -2.74. The third-order valence-electron chi connectivity index (χ3n) is 1.57. The highest BCUT2D eigenvalue weighted by molar-refractivity contribution is 5.25. The largest absolute Gasteiger partial charge is 0.380 e. The minimum Gasteiger partial charge on any atom is -0.380 e. The second-order valence-electron chi connectivity index (χ2n) is 2.84. The van der Waals surface area contributed by atoms with Crippen molar-refractivity contribution >= 4 is 0 Å². The molecule has 0 aromatic carbocycles. The van der Waals surface area contributed by atoms with Gasteiger partial charge in [-0.2, -0.15) is 0 Å². The quantitative estimate of drug-likeness (QED) is 0.617. The van der Waals surface area contributed by atoms with E-state index in [0.717, 1.165) is 12.5 Å². The fourth-order valence-corrected chi connectivity index (χ4v) is 0.880. The van der Waals surface area contributed by atoms with Crippen molar-refractivity contribution in [2.45, 2.75) is 19.8 Å². The van der Waals surface area contributed by atoms with Crippen LogP contribution in [0, 0.1) is 0 Å². The lowest BCUT2D eigenvalue weighted by molar-refractivity contribution is 0.0558. The van der Waals surface area contributed by atoms with Gasteiger partial charge in [0.25, 0.3) is 5.92 Å². The molecule has 0 saturated heterocycles. The van der Waals surface area contributed by atoms with Gasteiger partial charge < -0.3 is 5.32 Å². The molecule has 11 heavy (non-hydrogen) atoms. The van der Waals surface area contributed by atoms with Crippen LogP contribution in [-0.4, -0.2) is 12.5 Å². The zero-order chi connectivity index (χ0) is 8.48. The number of hydrogen-bond acceptors (Lipinski definition) is 1. The first-order valence-electron chi connectivity index (χ1n) is 3.50. The van der Waals surface area contributed by atoms with E-state index >= 15 is 0 Å². The summed E-state index contributed by atoms with van der Waals surface area (Å²) in [6, 6.07) is 0. The molecule has 0 radical (unpaired) electrons. The SMILES string of the molecule is CC1=CC=C(C(C)(F)F)NC1. The molecule has 1 rings (SSSR count). The number of hydrogen-bond donors (Lipinski definition) is 1. The Hall–Kier alpha value is -0.860. The Morgan fingerprint density at radius 2 is 2.09 bits per heavy atom. The summed E-state index contributed by atoms with van der Waals surface area (Å²) >= 11 is 0. The predicted octanol–water partition coefficient (Wildman–Crippen LogP) is 2.08. The molecule has 0 amide bonds. The number of dihydropyridines is 1. The second-order valence-corrected chi connectivity index (χ2v) is 2.84. The van der Waals surface area contributed by atoms with Crippen LogP contribution in [0.25, 0.3) is 0 Å². The molecule has 1 N–H and O–H groups in total. The van der Waals surface area contributed by atoms with Gasteiger partial charge in [-0.05, 0) is 13.0 Å². The first-order valence-corrected chi connectivity index (χ1v) is 3.50. The van der Waals surface area contributed by atoms with Crippen LogP contribution in [0.5, 0.6) is 0 Å². The Balaban J connectivity index is 2.77. The molecule has 0 aromatic rings. The van der Waals surface area contributed by atoms with Crippen LogP contribution in [0.15, 0.2) is 23.4 Å². The van der Waals surface area contributed by atoms with Crippen molar-refractivity contribution in [1.29, 1.82) is 0 Å². The number of alkyl halides is 2. The lowest BCUT2D eigenvalue weighted by atomic mass is 10.1. The molecule has 0 aliphatic carbocycles. The summed E-state index contributed by atoms with van der Waals surface area (Å²) in [6.07, 6.45) is 3.14. The Labute approximate surface area is 64.8 Å². The van der Waals surface area contributed by atoms with Crippen molar-refractivity contribution in [3.63, 3.8) is 0 Å². The molecule has 0 spiro atoms. The van der Waals surface area contributed by atoms with Gasteiger partial charge in [0, 0.05) is 13.5 Å². The molecule has 1 nitrogen and oxygen atoms in total. The lowest BCUT2D eigenvalue weighted by Crippen LogP contribution is -2.30. The van der Waals surface area contributed by atoms with Gasteiger partial charge in [0.15, 0.2) is 0 Å². The molecule has 0 bridgehead atoms. The van der Waals surface area contributed by atoms with Crippen molar-refractivity contribution in [2.75, 3.05) is 6.54 Å². The molecular weight excluding hydrogens is 148 g/mol. The lowest BCUT2D eigenvalue weighted by Gasteiger charge is -2.20. The van der Waals surface area contributed by atoms with Gasteiger partial charge >= 0.3 is 0 Å².